The Labute approximate surface area is 285 Å². The molecule has 6 aromatic rings. The van der Waals surface area contributed by atoms with Gasteiger partial charge in [0.05, 0.1) is 23.5 Å². The average molecular weight is 656 g/mol. The van der Waals surface area contributed by atoms with Gasteiger partial charge in [-0.2, -0.15) is 5.10 Å². The van der Waals surface area contributed by atoms with E-state index in [4.69, 9.17) is 19.6 Å². The maximum absolute atomic E-state index is 16.0. The molecule has 0 saturated carbocycles. The highest BCUT2D eigenvalue weighted by Gasteiger charge is 2.35. The Morgan fingerprint density at radius 1 is 0.918 bits per heavy atom. The Morgan fingerprint density at radius 3 is 2.24 bits per heavy atom. The number of aromatic nitrogens is 3. The van der Waals surface area contributed by atoms with Crippen LogP contribution < -0.4 is 4.74 Å². The molecule has 4 aromatic carbocycles. The van der Waals surface area contributed by atoms with E-state index >= 15 is 4.39 Å². The van der Waals surface area contributed by atoms with Crippen LogP contribution in [-0.4, -0.2) is 37.9 Å². The molecule has 1 N–H and O–H groups in total. The summed E-state index contributed by atoms with van der Waals surface area (Å²) in [6.07, 6.45) is -0.0154. The summed E-state index contributed by atoms with van der Waals surface area (Å²) in [5, 5.41) is 15.9. The van der Waals surface area contributed by atoms with Gasteiger partial charge in [0.1, 0.15) is 5.69 Å². The first kappa shape index (κ1) is 32.2. The number of hydrogen-bond donors (Lipinski definition) is 1. The third-order valence-electron chi connectivity index (χ3n) is 8.95. The van der Waals surface area contributed by atoms with Crippen LogP contribution in [0.15, 0.2) is 91.0 Å². The number of fused-ring (bicyclic) bond motifs is 2. The highest BCUT2D eigenvalue weighted by Crippen LogP contribution is 2.44. The molecule has 0 fully saturated rings. The molecule has 0 saturated heterocycles. The smallest absolute Gasteiger partial charge is 0.337 e. The number of carboxylic acids is 1. The molecular weight excluding hydrogens is 617 g/mol. The number of benzene rings is 4. The Bertz CT molecular complexity index is 2200. The first-order valence-electron chi connectivity index (χ1n) is 16.5. The highest BCUT2D eigenvalue weighted by molar-refractivity contribution is 5.94. The zero-order valence-corrected chi connectivity index (χ0v) is 28.3. The van der Waals surface area contributed by atoms with Gasteiger partial charge >= 0.3 is 5.97 Å². The van der Waals surface area contributed by atoms with Crippen LogP contribution in [0.5, 0.6) is 5.75 Å². The summed E-state index contributed by atoms with van der Waals surface area (Å²) >= 11 is 0. The van der Waals surface area contributed by atoms with Crippen molar-refractivity contribution in [3.63, 3.8) is 0 Å². The van der Waals surface area contributed by atoms with Crippen molar-refractivity contribution in [1.82, 2.24) is 14.6 Å². The van der Waals surface area contributed by atoms with Crippen molar-refractivity contribution >= 4 is 11.6 Å². The Kier molecular flexibility index (Phi) is 8.28. The maximum atomic E-state index is 16.0. The number of ether oxygens (including phenoxy) is 2. The molecule has 0 unspecified atom stereocenters. The van der Waals surface area contributed by atoms with Crippen molar-refractivity contribution in [2.75, 3.05) is 6.61 Å². The molecule has 8 heteroatoms. The van der Waals surface area contributed by atoms with Crippen LogP contribution in [-0.2, 0) is 16.0 Å². The van der Waals surface area contributed by atoms with Gasteiger partial charge in [-0.25, -0.2) is 18.7 Å². The summed E-state index contributed by atoms with van der Waals surface area (Å²) in [4.78, 5) is 18.1. The third-order valence-corrected chi connectivity index (χ3v) is 8.95. The average Bonchev–Trinajstić information content (AvgIpc) is 3.48. The molecule has 1 aliphatic heterocycles. The predicted molar refractivity (Wildman–Crippen MR) is 189 cm³/mol. The normalized spacial score (nSPS) is 13.6. The Hall–Kier alpha value is -5.34. The first-order chi connectivity index (χ1) is 23.5. The molecule has 3 heterocycles. The number of hydrogen-bond acceptors (Lipinski definition) is 5. The Balaban J connectivity index is 1.61. The minimum Gasteiger partial charge on any atom is -0.490 e. The van der Waals surface area contributed by atoms with Gasteiger partial charge in [0, 0.05) is 27.9 Å². The van der Waals surface area contributed by atoms with Crippen LogP contribution in [0, 0.1) is 19.7 Å². The molecule has 0 bridgehead atoms. The van der Waals surface area contributed by atoms with Crippen LogP contribution >= 0.6 is 0 Å². The van der Waals surface area contributed by atoms with Gasteiger partial charge in [0.2, 0.25) is 0 Å². The van der Waals surface area contributed by atoms with Crippen molar-refractivity contribution in [2.24, 2.45) is 0 Å². The molecule has 0 amide bonds. The minimum absolute atomic E-state index is 0.251. The number of halogens is 1. The number of nitrogens with zero attached hydrogens (tertiary/aromatic N) is 3. The van der Waals surface area contributed by atoms with E-state index in [9.17, 15) is 9.90 Å². The van der Waals surface area contributed by atoms with E-state index in [1.165, 1.54) is 6.07 Å². The van der Waals surface area contributed by atoms with Crippen molar-refractivity contribution in [3.05, 3.63) is 119 Å². The standard InChI is InChI=1S/C41H38FN3O4/c1-24-30-20-13-21-48-37(30)32(42)23-31(24)36-33(38(40(46)47)49-41(3,4)5)25(2)43-39-34(35(44-45(36)39)27-16-10-7-11-17-27)29-19-12-18-28(22-29)26-14-8-6-9-15-26/h6-12,14-19,22-23,38H,13,20-21H2,1-5H3,(H,46,47)/t38-/m0/s1. The van der Waals surface area contributed by atoms with E-state index in [2.05, 4.69) is 24.3 Å². The van der Waals surface area contributed by atoms with Gasteiger partial charge in [-0.05, 0) is 81.8 Å². The number of aryl methyl sites for hydroxylation is 1. The summed E-state index contributed by atoms with van der Waals surface area (Å²) in [6.45, 7) is 9.59. The summed E-state index contributed by atoms with van der Waals surface area (Å²) in [7, 11) is 0. The molecule has 7 rings (SSSR count). The number of rotatable bonds is 7. The lowest BCUT2D eigenvalue weighted by molar-refractivity contribution is -0.160. The van der Waals surface area contributed by atoms with Gasteiger partial charge in [0.25, 0.3) is 0 Å². The predicted octanol–water partition coefficient (Wildman–Crippen LogP) is 9.42. The lowest BCUT2D eigenvalue weighted by atomic mass is 9.90. The van der Waals surface area contributed by atoms with Gasteiger partial charge in [-0.3, -0.25) is 0 Å². The zero-order valence-electron chi connectivity index (χ0n) is 28.3. The van der Waals surface area contributed by atoms with E-state index in [0.717, 1.165) is 45.4 Å². The second-order valence-electron chi connectivity index (χ2n) is 13.5. The van der Waals surface area contributed by atoms with E-state index < -0.39 is 23.5 Å². The summed E-state index contributed by atoms with van der Waals surface area (Å²) < 4.78 is 29.7. The monoisotopic (exact) mass is 655 g/mol. The van der Waals surface area contributed by atoms with Crippen molar-refractivity contribution in [2.45, 2.75) is 59.2 Å². The van der Waals surface area contributed by atoms with Crippen LogP contribution in [0.4, 0.5) is 4.39 Å². The summed E-state index contributed by atoms with van der Waals surface area (Å²) in [5.41, 5.74) is 8.29. The van der Waals surface area contributed by atoms with E-state index in [-0.39, 0.29) is 5.75 Å². The van der Waals surface area contributed by atoms with Crippen molar-refractivity contribution in [3.8, 4) is 50.5 Å². The second kappa shape index (κ2) is 12.6. The lowest BCUT2D eigenvalue weighted by Crippen LogP contribution is -2.29. The number of aliphatic carboxylic acids is 1. The minimum atomic E-state index is -1.41. The fourth-order valence-electron chi connectivity index (χ4n) is 6.78. The molecule has 1 atom stereocenters. The van der Waals surface area contributed by atoms with Crippen LogP contribution in [0.2, 0.25) is 0 Å². The largest absolute Gasteiger partial charge is 0.490 e. The van der Waals surface area contributed by atoms with E-state index in [1.807, 2.05) is 88.4 Å². The van der Waals surface area contributed by atoms with Crippen LogP contribution in [0.1, 0.15) is 55.7 Å². The molecule has 248 valence electrons. The fraction of sp³-hybridized carbons (Fsp3) is 0.244. The fourth-order valence-corrected chi connectivity index (χ4v) is 6.78. The third kappa shape index (κ3) is 5.97. The molecule has 2 aromatic heterocycles. The number of carbonyl (C=O) groups is 1. The Morgan fingerprint density at radius 2 is 1.57 bits per heavy atom. The quantitative estimate of drug-likeness (QED) is 0.184. The van der Waals surface area contributed by atoms with Gasteiger partial charge in [0.15, 0.2) is 23.3 Å². The maximum Gasteiger partial charge on any atom is 0.337 e. The summed E-state index contributed by atoms with van der Waals surface area (Å²) in [6, 6.07) is 29.6. The van der Waals surface area contributed by atoms with Gasteiger partial charge in [-0.15, -0.1) is 0 Å². The van der Waals surface area contributed by atoms with Crippen molar-refractivity contribution < 1.29 is 23.8 Å². The SMILES string of the molecule is Cc1nc2c(-c3cccc(-c4ccccc4)c3)c(-c3ccccc3)nn2c(-c2cc(F)c3c(c2C)CCCO3)c1[C@H](OC(C)(C)C)C(=O)O. The molecule has 1 aliphatic rings. The zero-order chi connectivity index (χ0) is 34.4. The lowest BCUT2D eigenvalue weighted by Gasteiger charge is -2.28. The molecule has 49 heavy (non-hydrogen) atoms. The topological polar surface area (TPSA) is 86.0 Å². The van der Waals surface area contributed by atoms with E-state index in [1.54, 1.807) is 11.4 Å². The highest BCUT2D eigenvalue weighted by atomic mass is 19.1. The van der Waals surface area contributed by atoms with E-state index in [0.29, 0.717) is 46.9 Å². The molecule has 0 aliphatic carbocycles. The molecule has 0 spiro atoms. The van der Waals surface area contributed by atoms with Gasteiger partial charge < -0.3 is 14.6 Å². The second-order valence-corrected chi connectivity index (χ2v) is 13.5. The molecule has 7 nitrogen and oxygen atoms in total. The molecular formula is C41H38FN3O4. The molecule has 0 radical (unpaired) electrons. The van der Waals surface area contributed by atoms with Crippen molar-refractivity contribution in [1.29, 1.82) is 0 Å². The first-order valence-corrected chi connectivity index (χ1v) is 16.5. The van der Waals surface area contributed by atoms with Crippen LogP contribution in [0.25, 0.3) is 50.4 Å². The number of carboxylic acid groups (broad SMARTS) is 1. The van der Waals surface area contributed by atoms with Gasteiger partial charge in [-0.1, -0.05) is 78.9 Å². The summed E-state index contributed by atoms with van der Waals surface area (Å²) in [5.74, 6) is -1.43. The van der Waals surface area contributed by atoms with Crippen LogP contribution in [0.3, 0.4) is 0 Å².